The molecule has 1 saturated heterocycles. The van der Waals surface area contributed by atoms with Crippen LogP contribution in [0.3, 0.4) is 0 Å². The number of nitrogens with zero attached hydrogens (tertiary/aromatic N) is 3. The molecular formula is C17H29N3O3. The Morgan fingerprint density at radius 2 is 2.04 bits per heavy atom. The van der Waals surface area contributed by atoms with Gasteiger partial charge in [0.05, 0.1) is 18.8 Å². The Labute approximate surface area is 138 Å². The summed E-state index contributed by atoms with van der Waals surface area (Å²) in [5.74, 6) is -0.261. The molecule has 1 aromatic heterocycles. The highest BCUT2D eigenvalue weighted by atomic mass is 16.3. The van der Waals surface area contributed by atoms with Gasteiger partial charge in [-0.15, -0.1) is 0 Å². The van der Waals surface area contributed by atoms with Gasteiger partial charge in [-0.05, 0) is 46.4 Å². The number of aliphatic hydroxyl groups excluding tert-OH is 1. The maximum Gasteiger partial charge on any atom is 0.223 e. The molecule has 0 saturated carbocycles. The zero-order chi connectivity index (χ0) is 17.0. The van der Waals surface area contributed by atoms with Gasteiger partial charge in [0.15, 0.2) is 5.75 Å². The van der Waals surface area contributed by atoms with Crippen molar-refractivity contribution in [2.24, 2.45) is 0 Å². The van der Waals surface area contributed by atoms with Gasteiger partial charge in [0, 0.05) is 24.3 Å². The maximum atomic E-state index is 11.8. The van der Waals surface area contributed by atoms with Crippen LogP contribution in [-0.4, -0.2) is 64.4 Å². The van der Waals surface area contributed by atoms with E-state index in [2.05, 4.69) is 23.9 Å². The minimum Gasteiger partial charge on any atom is -0.503 e. The lowest BCUT2D eigenvalue weighted by molar-refractivity contribution is 0.134. The van der Waals surface area contributed by atoms with Crippen molar-refractivity contribution in [1.82, 2.24) is 14.4 Å². The Balaban J connectivity index is 2.20. The molecule has 1 aliphatic rings. The summed E-state index contributed by atoms with van der Waals surface area (Å²) in [4.78, 5) is 16.5. The van der Waals surface area contributed by atoms with E-state index < -0.39 is 0 Å². The minimum absolute atomic E-state index is 0.0102. The van der Waals surface area contributed by atoms with Gasteiger partial charge in [-0.25, -0.2) is 0 Å². The molecule has 1 fully saturated rings. The SMILES string of the molecule is CCC(CO)n1cc(O)c(=O)cc1CN(C)C1CCN(C)CC1. The van der Waals surface area contributed by atoms with Crippen LogP contribution in [0.5, 0.6) is 5.75 Å². The molecule has 1 aromatic rings. The molecule has 1 atom stereocenters. The van der Waals surface area contributed by atoms with Gasteiger partial charge in [-0.2, -0.15) is 0 Å². The molecule has 23 heavy (non-hydrogen) atoms. The van der Waals surface area contributed by atoms with Crippen LogP contribution in [-0.2, 0) is 6.54 Å². The van der Waals surface area contributed by atoms with Crippen molar-refractivity contribution in [1.29, 1.82) is 0 Å². The number of aromatic hydroxyl groups is 1. The average molecular weight is 323 g/mol. The van der Waals surface area contributed by atoms with Gasteiger partial charge in [0.1, 0.15) is 0 Å². The van der Waals surface area contributed by atoms with Gasteiger partial charge in [-0.3, -0.25) is 9.69 Å². The standard InChI is InChI=1S/C17H29N3O3/c1-4-13(12-21)20-11-17(23)16(22)9-15(20)10-19(3)14-5-7-18(2)8-6-14/h9,11,13-14,21,23H,4-8,10,12H2,1-3H3. The molecule has 130 valence electrons. The van der Waals surface area contributed by atoms with E-state index in [0.29, 0.717) is 12.6 Å². The first-order chi connectivity index (χ1) is 11.0. The highest BCUT2D eigenvalue weighted by Crippen LogP contribution is 2.20. The third-order valence-corrected chi connectivity index (χ3v) is 4.94. The van der Waals surface area contributed by atoms with Crippen molar-refractivity contribution in [2.45, 2.75) is 44.8 Å². The Kier molecular flexibility index (Phi) is 6.21. The van der Waals surface area contributed by atoms with Crippen molar-refractivity contribution in [2.75, 3.05) is 33.8 Å². The third kappa shape index (κ3) is 4.34. The van der Waals surface area contributed by atoms with Crippen LogP contribution in [0.15, 0.2) is 17.1 Å². The lowest BCUT2D eigenvalue weighted by atomic mass is 10.0. The fourth-order valence-corrected chi connectivity index (χ4v) is 3.28. The van der Waals surface area contributed by atoms with E-state index in [-0.39, 0.29) is 23.8 Å². The minimum atomic E-state index is -0.360. The van der Waals surface area contributed by atoms with E-state index >= 15 is 0 Å². The summed E-state index contributed by atoms with van der Waals surface area (Å²) in [6.07, 6.45) is 4.44. The third-order valence-electron chi connectivity index (χ3n) is 4.94. The molecule has 0 aliphatic carbocycles. The summed E-state index contributed by atoms with van der Waals surface area (Å²) < 4.78 is 1.85. The first-order valence-corrected chi connectivity index (χ1v) is 8.39. The molecule has 6 heteroatoms. The summed E-state index contributed by atoms with van der Waals surface area (Å²) in [7, 11) is 4.22. The quantitative estimate of drug-likeness (QED) is 0.818. The summed E-state index contributed by atoms with van der Waals surface area (Å²) in [5.41, 5.74) is 0.482. The van der Waals surface area contributed by atoms with Crippen LogP contribution in [0.25, 0.3) is 0 Å². The largest absolute Gasteiger partial charge is 0.503 e. The number of aromatic nitrogens is 1. The van der Waals surface area contributed by atoms with Crippen LogP contribution in [0.1, 0.15) is 37.9 Å². The van der Waals surface area contributed by atoms with E-state index in [9.17, 15) is 15.0 Å². The van der Waals surface area contributed by atoms with E-state index in [1.54, 1.807) is 0 Å². The van der Waals surface area contributed by atoms with Crippen molar-refractivity contribution in [3.8, 4) is 5.75 Å². The lowest BCUT2D eigenvalue weighted by Gasteiger charge is -2.35. The zero-order valence-corrected chi connectivity index (χ0v) is 14.4. The summed E-state index contributed by atoms with van der Waals surface area (Å²) in [6, 6.07) is 1.87. The molecule has 0 spiro atoms. The number of likely N-dealkylation sites (tertiary alicyclic amines) is 1. The van der Waals surface area contributed by atoms with Crippen LogP contribution < -0.4 is 5.43 Å². The fraction of sp³-hybridized carbons (Fsp3) is 0.706. The molecule has 0 radical (unpaired) electrons. The second kappa shape index (κ2) is 7.95. The predicted molar refractivity (Wildman–Crippen MR) is 90.8 cm³/mol. The van der Waals surface area contributed by atoms with Gasteiger partial charge >= 0.3 is 0 Å². The topological polar surface area (TPSA) is 68.9 Å². The van der Waals surface area contributed by atoms with Crippen LogP contribution >= 0.6 is 0 Å². The van der Waals surface area contributed by atoms with E-state index in [0.717, 1.165) is 38.0 Å². The zero-order valence-electron chi connectivity index (χ0n) is 14.4. The number of piperidine rings is 1. The van der Waals surface area contributed by atoms with Crippen LogP contribution in [0.2, 0.25) is 0 Å². The molecule has 2 rings (SSSR count). The van der Waals surface area contributed by atoms with Crippen LogP contribution in [0.4, 0.5) is 0 Å². The number of pyridine rings is 1. The van der Waals surface area contributed by atoms with E-state index in [4.69, 9.17) is 0 Å². The van der Waals surface area contributed by atoms with Gasteiger partial charge in [0.25, 0.3) is 0 Å². The molecule has 1 unspecified atom stereocenters. The van der Waals surface area contributed by atoms with Gasteiger partial charge < -0.3 is 19.7 Å². The fourth-order valence-electron chi connectivity index (χ4n) is 3.28. The maximum absolute atomic E-state index is 11.8. The second-order valence-electron chi connectivity index (χ2n) is 6.62. The number of hydrogen-bond acceptors (Lipinski definition) is 5. The molecule has 0 bridgehead atoms. The Hall–Kier alpha value is -1.37. The number of hydrogen-bond donors (Lipinski definition) is 2. The normalized spacial score (nSPS) is 18.5. The summed E-state index contributed by atoms with van der Waals surface area (Å²) >= 11 is 0. The Bertz CT molecular complexity index is 561. The van der Waals surface area contributed by atoms with Crippen molar-refractivity contribution in [3.63, 3.8) is 0 Å². The molecule has 0 aromatic carbocycles. The van der Waals surface area contributed by atoms with Crippen molar-refractivity contribution >= 4 is 0 Å². The average Bonchev–Trinajstić information content (AvgIpc) is 2.53. The van der Waals surface area contributed by atoms with Gasteiger partial charge in [0.2, 0.25) is 5.43 Å². The Morgan fingerprint density at radius 3 is 2.61 bits per heavy atom. The molecule has 2 heterocycles. The molecular weight excluding hydrogens is 294 g/mol. The predicted octanol–water partition coefficient (Wildman–Crippen LogP) is 1.02. The molecule has 1 aliphatic heterocycles. The monoisotopic (exact) mass is 323 g/mol. The lowest BCUT2D eigenvalue weighted by Crippen LogP contribution is -2.42. The number of aliphatic hydroxyl groups is 1. The van der Waals surface area contributed by atoms with Crippen molar-refractivity contribution in [3.05, 3.63) is 28.2 Å². The van der Waals surface area contributed by atoms with E-state index in [1.807, 2.05) is 11.5 Å². The second-order valence-corrected chi connectivity index (χ2v) is 6.62. The smallest absolute Gasteiger partial charge is 0.223 e. The molecule has 0 amide bonds. The summed E-state index contributed by atoms with van der Waals surface area (Å²) in [6.45, 7) is 4.79. The number of rotatable bonds is 6. The molecule has 6 nitrogen and oxygen atoms in total. The van der Waals surface area contributed by atoms with E-state index in [1.165, 1.54) is 12.3 Å². The highest BCUT2D eigenvalue weighted by molar-refractivity contribution is 5.21. The highest BCUT2D eigenvalue weighted by Gasteiger charge is 2.22. The first kappa shape index (κ1) is 18.0. The van der Waals surface area contributed by atoms with Crippen molar-refractivity contribution < 1.29 is 10.2 Å². The summed E-state index contributed by atoms with van der Waals surface area (Å²) in [5, 5.41) is 19.3. The van der Waals surface area contributed by atoms with Gasteiger partial charge in [-0.1, -0.05) is 6.92 Å². The first-order valence-electron chi connectivity index (χ1n) is 8.39. The molecule has 2 N–H and O–H groups in total. The van der Waals surface area contributed by atoms with Crippen LogP contribution in [0, 0.1) is 0 Å². The Morgan fingerprint density at radius 1 is 1.39 bits per heavy atom.